The normalized spacial score (nSPS) is 12.4. The Bertz CT molecular complexity index is 1360. The van der Waals surface area contributed by atoms with Crippen LogP contribution in [0.15, 0.2) is 60.8 Å². The molecule has 0 saturated heterocycles. The highest BCUT2D eigenvalue weighted by atomic mass is 16.6. The molecule has 0 aliphatic heterocycles. The van der Waals surface area contributed by atoms with E-state index in [1.807, 2.05) is 0 Å². The van der Waals surface area contributed by atoms with Gasteiger partial charge in [-0.25, -0.2) is 0 Å². The fourth-order valence-electron chi connectivity index (χ4n) is 9.68. The van der Waals surface area contributed by atoms with Gasteiger partial charge in [-0.15, -0.1) is 0 Å². The second-order valence-electron chi connectivity index (χ2n) is 22.4. The van der Waals surface area contributed by atoms with Crippen molar-refractivity contribution in [3.63, 3.8) is 0 Å². The minimum absolute atomic E-state index is 0.0773. The van der Waals surface area contributed by atoms with Crippen LogP contribution in [0.1, 0.15) is 348 Å². The largest absolute Gasteiger partial charge is 0.462 e. The van der Waals surface area contributed by atoms with Crippen molar-refractivity contribution in [2.75, 3.05) is 13.2 Å². The Kier molecular flexibility index (Phi) is 62.2. The minimum Gasteiger partial charge on any atom is -0.462 e. The van der Waals surface area contributed by atoms with Gasteiger partial charge in [0.05, 0.1) is 0 Å². The summed E-state index contributed by atoms with van der Waals surface area (Å²) in [4.78, 5) is 38.3. The molecule has 0 aromatic rings. The molecule has 0 heterocycles. The van der Waals surface area contributed by atoms with Crippen molar-refractivity contribution in [3.8, 4) is 0 Å². The van der Waals surface area contributed by atoms with Gasteiger partial charge in [-0.3, -0.25) is 14.4 Å². The molecule has 0 amide bonds. The van der Waals surface area contributed by atoms with Gasteiger partial charge in [0, 0.05) is 19.3 Å². The average Bonchev–Trinajstić information content (AvgIpc) is 3.42. The van der Waals surface area contributed by atoms with E-state index >= 15 is 0 Å². The number of allylic oxidation sites excluding steroid dienone is 10. The average molecular weight is 1060 g/mol. The Morgan fingerprint density at radius 2 is 0.474 bits per heavy atom. The molecule has 0 bridgehead atoms. The van der Waals surface area contributed by atoms with Crippen molar-refractivity contribution in [2.24, 2.45) is 0 Å². The first kappa shape index (κ1) is 73.1. The van der Waals surface area contributed by atoms with Crippen LogP contribution in [-0.4, -0.2) is 37.2 Å². The zero-order valence-electron chi connectivity index (χ0n) is 50.8. The molecule has 6 heteroatoms. The van der Waals surface area contributed by atoms with E-state index in [4.69, 9.17) is 14.2 Å². The molecule has 0 N–H and O–H groups in total. The Balaban J connectivity index is 4.28. The number of hydrogen-bond donors (Lipinski definition) is 0. The molecule has 0 aliphatic rings. The van der Waals surface area contributed by atoms with Crippen molar-refractivity contribution < 1.29 is 28.6 Å². The number of esters is 3. The summed E-state index contributed by atoms with van der Waals surface area (Å²) in [5.74, 6) is -0.874. The van der Waals surface area contributed by atoms with Gasteiger partial charge in [0.15, 0.2) is 6.10 Å². The third-order valence-electron chi connectivity index (χ3n) is 14.7. The molecular weight excluding hydrogens is 937 g/mol. The highest BCUT2D eigenvalue weighted by molar-refractivity contribution is 5.71. The van der Waals surface area contributed by atoms with E-state index in [1.165, 1.54) is 231 Å². The van der Waals surface area contributed by atoms with Gasteiger partial charge >= 0.3 is 17.9 Å². The lowest BCUT2D eigenvalue weighted by atomic mass is 10.0. The van der Waals surface area contributed by atoms with Crippen LogP contribution < -0.4 is 0 Å². The highest BCUT2D eigenvalue weighted by Crippen LogP contribution is 2.17. The van der Waals surface area contributed by atoms with Crippen LogP contribution >= 0.6 is 0 Å². The summed E-state index contributed by atoms with van der Waals surface area (Å²) in [7, 11) is 0. The summed E-state index contributed by atoms with van der Waals surface area (Å²) in [6.45, 7) is 6.65. The third kappa shape index (κ3) is 62.0. The molecule has 0 aromatic carbocycles. The number of carbonyl (C=O) groups excluding carboxylic acids is 3. The maximum atomic E-state index is 12.9. The van der Waals surface area contributed by atoms with Crippen molar-refractivity contribution in [2.45, 2.75) is 354 Å². The van der Waals surface area contributed by atoms with Crippen LogP contribution in [-0.2, 0) is 28.6 Å². The Morgan fingerprint density at radius 1 is 0.263 bits per heavy atom. The van der Waals surface area contributed by atoms with E-state index in [1.54, 1.807) is 0 Å². The van der Waals surface area contributed by atoms with Crippen molar-refractivity contribution >= 4 is 17.9 Å². The fraction of sp³-hybridized carbons (Fsp3) is 0.814. The summed E-state index contributed by atoms with van der Waals surface area (Å²) in [5, 5.41) is 0. The van der Waals surface area contributed by atoms with E-state index in [2.05, 4.69) is 81.5 Å². The molecule has 0 radical (unpaired) electrons. The lowest BCUT2D eigenvalue weighted by Crippen LogP contribution is -2.30. The molecule has 0 fully saturated rings. The van der Waals surface area contributed by atoms with Gasteiger partial charge in [-0.1, -0.05) is 281 Å². The molecule has 0 saturated carbocycles. The Morgan fingerprint density at radius 3 is 0.750 bits per heavy atom. The van der Waals surface area contributed by atoms with Crippen molar-refractivity contribution in [1.29, 1.82) is 0 Å². The van der Waals surface area contributed by atoms with Crippen molar-refractivity contribution in [1.82, 2.24) is 0 Å². The van der Waals surface area contributed by atoms with Gasteiger partial charge in [0.1, 0.15) is 13.2 Å². The standard InChI is InChI=1S/C70H126O6/c1-4-7-10-13-16-19-22-25-28-30-31-32-33-34-35-36-37-38-39-41-42-45-48-51-54-57-60-63-69(72)75-66-67(65-74-68(71)62-59-56-53-50-47-44-27-24-21-18-15-12-9-6-3)76-70(73)64-61-58-55-52-49-46-43-40-29-26-23-20-17-14-11-8-5-2/h22,24-27,29-31,33-34,67H,4-21,23,28,32,35-66H2,1-3H3/b25-22-,27-24-,29-26-,31-30-,34-33-. The first-order valence-electron chi connectivity index (χ1n) is 33.3. The van der Waals surface area contributed by atoms with Gasteiger partial charge in [0.2, 0.25) is 0 Å². The minimum atomic E-state index is -0.781. The second-order valence-corrected chi connectivity index (χ2v) is 22.4. The summed E-state index contributed by atoms with van der Waals surface area (Å²) >= 11 is 0. The highest BCUT2D eigenvalue weighted by Gasteiger charge is 2.19. The predicted molar refractivity (Wildman–Crippen MR) is 330 cm³/mol. The number of unbranched alkanes of at least 4 members (excludes halogenated alkanes) is 40. The Labute approximate surface area is 472 Å². The third-order valence-corrected chi connectivity index (χ3v) is 14.7. The molecule has 0 aromatic heterocycles. The zero-order valence-corrected chi connectivity index (χ0v) is 50.8. The number of rotatable bonds is 61. The number of ether oxygens (including phenoxy) is 3. The molecule has 0 spiro atoms. The molecule has 1 unspecified atom stereocenters. The predicted octanol–water partition coefficient (Wildman–Crippen LogP) is 22.7. The molecule has 1 atom stereocenters. The van der Waals surface area contributed by atoms with E-state index in [0.717, 1.165) is 77.0 Å². The maximum Gasteiger partial charge on any atom is 0.306 e. The van der Waals surface area contributed by atoms with Crippen LogP contribution in [0.4, 0.5) is 0 Å². The summed E-state index contributed by atoms with van der Waals surface area (Å²) < 4.78 is 16.9. The van der Waals surface area contributed by atoms with E-state index < -0.39 is 6.10 Å². The monoisotopic (exact) mass is 1060 g/mol. The van der Waals surface area contributed by atoms with Crippen LogP contribution in [0.5, 0.6) is 0 Å². The van der Waals surface area contributed by atoms with Crippen molar-refractivity contribution in [3.05, 3.63) is 60.8 Å². The van der Waals surface area contributed by atoms with Gasteiger partial charge in [-0.05, 0) is 109 Å². The fourth-order valence-corrected chi connectivity index (χ4v) is 9.68. The van der Waals surface area contributed by atoms with Gasteiger partial charge in [0.25, 0.3) is 0 Å². The van der Waals surface area contributed by atoms with Crippen LogP contribution in [0, 0.1) is 0 Å². The SMILES string of the molecule is CCCCCCC/C=C\C/C=C\C/C=C\CCCCCCCCCCCCCCC(=O)OCC(COC(=O)CCCCCCC/C=C\CCCCCCC)OC(=O)CCCCCCCCC/C=C\CCCCCCCC. The first-order chi connectivity index (χ1) is 37.5. The summed E-state index contributed by atoms with van der Waals surface area (Å²) in [5.41, 5.74) is 0. The molecule has 6 nitrogen and oxygen atoms in total. The van der Waals surface area contributed by atoms with Crippen LogP contribution in [0.2, 0.25) is 0 Å². The molecule has 0 rings (SSSR count). The van der Waals surface area contributed by atoms with Crippen LogP contribution in [0.3, 0.4) is 0 Å². The lowest BCUT2D eigenvalue weighted by Gasteiger charge is -2.18. The van der Waals surface area contributed by atoms with Gasteiger partial charge < -0.3 is 14.2 Å². The first-order valence-corrected chi connectivity index (χ1v) is 33.3. The topological polar surface area (TPSA) is 78.9 Å². The molecule has 76 heavy (non-hydrogen) atoms. The van der Waals surface area contributed by atoms with E-state index in [0.29, 0.717) is 19.3 Å². The number of hydrogen-bond acceptors (Lipinski definition) is 6. The molecule has 0 aliphatic carbocycles. The summed E-state index contributed by atoms with van der Waals surface area (Å²) in [6, 6.07) is 0. The van der Waals surface area contributed by atoms with Gasteiger partial charge in [-0.2, -0.15) is 0 Å². The number of carbonyl (C=O) groups is 3. The molecular formula is C70H126O6. The maximum absolute atomic E-state index is 12.9. The zero-order chi connectivity index (χ0) is 55.0. The lowest BCUT2D eigenvalue weighted by molar-refractivity contribution is -0.167. The Hall–Kier alpha value is -2.89. The van der Waals surface area contributed by atoms with Crippen LogP contribution in [0.25, 0.3) is 0 Å². The van der Waals surface area contributed by atoms with E-state index in [9.17, 15) is 14.4 Å². The smallest absolute Gasteiger partial charge is 0.306 e. The second kappa shape index (κ2) is 64.6. The summed E-state index contributed by atoms with van der Waals surface area (Å²) in [6.07, 6.45) is 82.3. The molecule has 442 valence electrons. The van der Waals surface area contributed by atoms with E-state index in [-0.39, 0.29) is 31.1 Å². The quantitative estimate of drug-likeness (QED) is 0.0261.